The Labute approximate surface area is 269 Å². The van der Waals surface area contributed by atoms with Crippen LogP contribution in [0.5, 0.6) is 0 Å². The Bertz CT molecular complexity index is 1770. The topological polar surface area (TPSA) is 123 Å². The summed E-state index contributed by atoms with van der Waals surface area (Å²) < 4.78 is 47.4. The molecule has 0 aliphatic carbocycles. The lowest BCUT2D eigenvalue weighted by Gasteiger charge is -2.26. The van der Waals surface area contributed by atoms with Crippen molar-refractivity contribution in [1.82, 2.24) is 24.3 Å². The maximum Gasteiger partial charge on any atom is 0.416 e. The van der Waals surface area contributed by atoms with Crippen molar-refractivity contribution in [3.05, 3.63) is 101 Å². The molecule has 0 radical (unpaired) electrons. The zero-order valence-corrected chi connectivity index (χ0v) is 25.8. The summed E-state index contributed by atoms with van der Waals surface area (Å²) in [5.74, 6) is -1.15. The number of rotatable bonds is 10. The summed E-state index contributed by atoms with van der Waals surface area (Å²) in [5.41, 5.74) is 1.80. The molecule has 11 nitrogen and oxygen atoms in total. The Kier molecular flexibility index (Phi) is 10.2. The zero-order chi connectivity index (χ0) is 33.6. The molecule has 3 N–H and O–H groups in total. The van der Waals surface area contributed by atoms with E-state index in [4.69, 9.17) is 4.74 Å². The summed E-state index contributed by atoms with van der Waals surface area (Å²) in [7, 11) is 3.38. The molecule has 1 aliphatic rings. The van der Waals surface area contributed by atoms with Crippen LogP contribution in [-0.2, 0) is 25.0 Å². The van der Waals surface area contributed by atoms with Gasteiger partial charge in [0, 0.05) is 58.9 Å². The van der Waals surface area contributed by atoms with Crippen molar-refractivity contribution in [2.45, 2.75) is 6.18 Å². The van der Waals surface area contributed by atoms with E-state index in [-0.39, 0.29) is 17.2 Å². The van der Waals surface area contributed by atoms with Gasteiger partial charge in [-0.1, -0.05) is 18.2 Å². The van der Waals surface area contributed by atoms with Crippen LogP contribution in [0.2, 0.25) is 0 Å². The van der Waals surface area contributed by atoms with E-state index in [1.807, 2.05) is 0 Å². The molecule has 14 heteroatoms. The number of halogens is 3. The molecular formula is C33H34F3N7O4. The van der Waals surface area contributed by atoms with Crippen molar-refractivity contribution in [3.63, 3.8) is 0 Å². The number of anilines is 2. The molecule has 0 saturated carbocycles. The van der Waals surface area contributed by atoms with Gasteiger partial charge < -0.3 is 29.8 Å². The highest BCUT2D eigenvalue weighted by molar-refractivity contribution is 6.07. The molecule has 3 aromatic heterocycles. The van der Waals surface area contributed by atoms with E-state index in [2.05, 4.69) is 25.8 Å². The maximum atomic E-state index is 13.1. The van der Waals surface area contributed by atoms with Crippen LogP contribution >= 0.6 is 0 Å². The lowest BCUT2D eigenvalue weighted by Crippen LogP contribution is -2.41. The Morgan fingerprint density at radius 1 is 0.872 bits per heavy atom. The van der Waals surface area contributed by atoms with E-state index in [1.165, 1.54) is 30.5 Å². The second kappa shape index (κ2) is 14.5. The fraction of sp³-hybridized carbons (Fsp3) is 0.273. The number of alkyl halides is 3. The predicted molar refractivity (Wildman–Crippen MR) is 171 cm³/mol. The van der Waals surface area contributed by atoms with Crippen LogP contribution in [0.1, 0.15) is 48.2 Å². The summed E-state index contributed by atoms with van der Waals surface area (Å²) in [6, 6.07) is 11.1. The minimum atomic E-state index is -4.44. The van der Waals surface area contributed by atoms with Gasteiger partial charge in [0.15, 0.2) is 0 Å². The summed E-state index contributed by atoms with van der Waals surface area (Å²) >= 11 is 0. The summed E-state index contributed by atoms with van der Waals surface area (Å²) in [5, 5.41) is 8.44. The third-order valence-electron chi connectivity index (χ3n) is 7.52. The van der Waals surface area contributed by atoms with Crippen molar-refractivity contribution in [2.75, 3.05) is 50.0 Å². The van der Waals surface area contributed by atoms with Crippen LogP contribution in [-0.4, -0.2) is 76.1 Å². The van der Waals surface area contributed by atoms with Crippen LogP contribution in [0.15, 0.2) is 67.1 Å². The summed E-state index contributed by atoms with van der Waals surface area (Å²) in [6.07, 6.45) is 3.20. The van der Waals surface area contributed by atoms with Crippen molar-refractivity contribution < 1.29 is 32.3 Å². The molecule has 1 aromatic carbocycles. The number of hydrogen-bond donors (Lipinski definition) is 3. The van der Waals surface area contributed by atoms with E-state index in [9.17, 15) is 27.6 Å². The Balaban J connectivity index is 1.15. The van der Waals surface area contributed by atoms with Crippen LogP contribution < -0.4 is 16.0 Å². The maximum absolute atomic E-state index is 13.1. The summed E-state index contributed by atoms with van der Waals surface area (Å²) in [6.45, 7) is 4.26. The first-order chi connectivity index (χ1) is 22.5. The number of amides is 3. The zero-order valence-electron chi connectivity index (χ0n) is 25.8. The molecule has 1 saturated heterocycles. The number of aryl methyl sites for hydroxylation is 2. The molecule has 5 rings (SSSR count). The van der Waals surface area contributed by atoms with Crippen LogP contribution in [0.4, 0.5) is 24.5 Å². The highest BCUT2D eigenvalue weighted by Gasteiger charge is 2.30. The molecule has 1 fully saturated rings. The van der Waals surface area contributed by atoms with E-state index in [0.717, 1.165) is 31.8 Å². The quantitative estimate of drug-likeness (QED) is 0.233. The van der Waals surface area contributed by atoms with Crippen molar-refractivity contribution >= 4 is 41.2 Å². The number of hydrogen-bond acceptors (Lipinski definition) is 6. The molecule has 47 heavy (non-hydrogen) atoms. The van der Waals surface area contributed by atoms with Gasteiger partial charge in [-0.15, -0.1) is 0 Å². The largest absolute Gasteiger partial charge is 0.416 e. The van der Waals surface area contributed by atoms with E-state index < -0.39 is 23.6 Å². The molecule has 246 valence electrons. The molecule has 0 atom stereocenters. The highest BCUT2D eigenvalue weighted by Crippen LogP contribution is 2.30. The lowest BCUT2D eigenvalue weighted by molar-refractivity contribution is -0.137. The number of morpholine rings is 1. The van der Waals surface area contributed by atoms with Crippen LogP contribution in [0, 0.1) is 0 Å². The van der Waals surface area contributed by atoms with Crippen molar-refractivity contribution in [3.8, 4) is 0 Å². The third kappa shape index (κ3) is 8.74. The molecule has 3 amide bonds. The standard InChI is InChI=1S/C33H34F3N7O4/c1-41-21-27(17-28(41)31(45)37-10-11-43-12-14-47-15-13-43)40-32(46)29-18-26(20-42(29)2)39-30(44)23-7-9-25(38-19-23)8-6-22-4-3-5-24(16-22)33(34,35)36/h3-9,16-21H,10-15H2,1-2H3,(H,37,45)(H,39,44)(H,40,46)/b8-6+. The highest BCUT2D eigenvalue weighted by atomic mass is 19.4. The predicted octanol–water partition coefficient (Wildman–Crippen LogP) is 4.51. The van der Waals surface area contributed by atoms with Gasteiger partial charge in [0.25, 0.3) is 17.7 Å². The first-order valence-electron chi connectivity index (χ1n) is 14.8. The SMILES string of the molecule is Cn1cc(NC(=O)c2cc(NC(=O)c3ccc(/C=C/c4cccc(C(F)(F)F)c4)nc3)cn2C)cc1C(=O)NCCN1CCOCC1. The number of ether oxygens (including phenoxy) is 1. The van der Waals surface area contributed by atoms with Gasteiger partial charge >= 0.3 is 6.18 Å². The first-order valence-corrected chi connectivity index (χ1v) is 14.8. The van der Waals surface area contributed by atoms with Crippen molar-refractivity contribution in [2.24, 2.45) is 14.1 Å². The minimum Gasteiger partial charge on any atom is -0.379 e. The lowest BCUT2D eigenvalue weighted by atomic mass is 10.1. The number of carbonyl (C=O) groups is 3. The number of pyridine rings is 1. The van der Waals surface area contributed by atoms with Gasteiger partial charge in [-0.05, 0) is 48.0 Å². The van der Waals surface area contributed by atoms with Gasteiger partial charge in [0.2, 0.25) is 0 Å². The molecular weight excluding hydrogens is 615 g/mol. The van der Waals surface area contributed by atoms with Gasteiger partial charge in [0.05, 0.1) is 41.4 Å². The molecule has 4 heterocycles. The number of benzene rings is 1. The molecule has 1 aliphatic heterocycles. The van der Waals surface area contributed by atoms with Crippen LogP contribution in [0.3, 0.4) is 0 Å². The first kappa shape index (κ1) is 33.2. The second-order valence-corrected chi connectivity index (χ2v) is 11.0. The van der Waals surface area contributed by atoms with Crippen LogP contribution in [0.25, 0.3) is 12.2 Å². The number of carbonyl (C=O) groups excluding carboxylic acids is 3. The molecule has 4 aromatic rings. The van der Waals surface area contributed by atoms with Gasteiger partial charge in [-0.2, -0.15) is 13.2 Å². The number of nitrogens with zero attached hydrogens (tertiary/aromatic N) is 4. The average molecular weight is 650 g/mol. The number of aromatic nitrogens is 3. The van der Waals surface area contributed by atoms with E-state index in [1.54, 1.807) is 59.9 Å². The van der Waals surface area contributed by atoms with E-state index >= 15 is 0 Å². The smallest absolute Gasteiger partial charge is 0.379 e. The summed E-state index contributed by atoms with van der Waals surface area (Å²) in [4.78, 5) is 45.1. The third-order valence-corrected chi connectivity index (χ3v) is 7.52. The van der Waals surface area contributed by atoms with E-state index in [0.29, 0.717) is 48.1 Å². The molecule has 0 bridgehead atoms. The Morgan fingerprint density at radius 3 is 2.17 bits per heavy atom. The second-order valence-electron chi connectivity index (χ2n) is 11.0. The average Bonchev–Trinajstić information content (AvgIpc) is 3.61. The Morgan fingerprint density at radius 2 is 1.53 bits per heavy atom. The van der Waals surface area contributed by atoms with Crippen molar-refractivity contribution in [1.29, 1.82) is 0 Å². The molecule has 0 unspecified atom stereocenters. The minimum absolute atomic E-state index is 0.246. The van der Waals surface area contributed by atoms with Gasteiger partial charge in [-0.3, -0.25) is 24.3 Å². The normalized spacial score (nSPS) is 13.9. The monoisotopic (exact) mass is 649 g/mol. The van der Waals surface area contributed by atoms with Gasteiger partial charge in [-0.25, -0.2) is 0 Å². The van der Waals surface area contributed by atoms with Gasteiger partial charge in [0.1, 0.15) is 11.4 Å². The fourth-order valence-corrected chi connectivity index (χ4v) is 5.00. The molecule has 0 spiro atoms. The number of nitrogens with one attached hydrogen (secondary N) is 3. The Hall–Kier alpha value is -5.21. The fourth-order valence-electron chi connectivity index (χ4n) is 5.00.